The van der Waals surface area contributed by atoms with E-state index < -0.39 is 32.9 Å². The van der Waals surface area contributed by atoms with Crippen LogP contribution in [-0.2, 0) is 19.4 Å². The van der Waals surface area contributed by atoms with E-state index in [1.807, 2.05) is 0 Å². The van der Waals surface area contributed by atoms with Crippen molar-refractivity contribution in [2.75, 3.05) is 13.1 Å². The summed E-state index contributed by atoms with van der Waals surface area (Å²) in [6.07, 6.45) is 4.47. The van der Waals surface area contributed by atoms with Crippen molar-refractivity contribution >= 4 is 32.4 Å². The van der Waals surface area contributed by atoms with Crippen molar-refractivity contribution in [2.45, 2.75) is 68.1 Å². The number of Topliss-reactive ketones (excluding diaryl/α,β-unsaturated/α-hetero) is 1. The van der Waals surface area contributed by atoms with E-state index in [9.17, 15) is 23.1 Å². The smallest absolute Gasteiger partial charge is 0.306 e. The number of unbranched alkanes of at least 4 members (excludes halogenated alkanes) is 4. The quantitative estimate of drug-likeness (QED) is 0.345. The molecule has 8 heteroatoms. The van der Waals surface area contributed by atoms with Gasteiger partial charge in [-0.25, -0.2) is 8.42 Å². The molecule has 4 N–H and O–H groups in total. The minimum absolute atomic E-state index is 0.0798. The van der Waals surface area contributed by atoms with Crippen LogP contribution in [0.5, 0.6) is 0 Å². The zero-order valence-electron chi connectivity index (χ0n) is 18.7. The van der Waals surface area contributed by atoms with E-state index in [1.54, 1.807) is 36.4 Å². The maximum atomic E-state index is 13.5. The van der Waals surface area contributed by atoms with Gasteiger partial charge in [0.25, 0.3) is 0 Å². The van der Waals surface area contributed by atoms with E-state index >= 15 is 0 Å². The van der Waals surface area contributed by atoms with Gasteiger partial charge in [0.05, 0.1) is 11.3 Å². The SMILES string of the molecule is CCCCCNCCCCCC(=O)[C@](N)(CC(=O)O)S(=O)(=O)c1cccc2ccccc12. The molecule has 0 fully saturated rings. The fourth-order valence-corrected chi connectivity index (χ4v) is 5.58. The van der Waals surface area contributed by atoms with Gasteiger partial charge in [0.1, 0.15) is 0 Å². The lowest BCUT2D eigenvalue weighted by atomic mass is 10.0. The number of fused-ring (bicyclic) bond motifs is 1. The van der Waals surface area contributed by atoms with Crippen LogP contribution in [0.25, 0.3) is 10.8 Å². The highest BCUT2D eigenvalue weighted by Gasteiger charge is 2.49. The van der Waals surface area contributed by atoms with E-state index in [0.717, 1.165) is 32.4 Å². The second-order valence-corrected chi connectivity index (χ2v) is 10.3. The Balaban J connectivity index is 2.11. The molecular formula is C24H34N2O5S. The molecule has 176 valence electrons. The van der Waals surface area contributed by atoms with Gasteiger partial charge in [0, 0.05) is 11.8 Å². The maximum absolute atomic E-state index is 13.5. The number of ketones is 1. The summed E-state index contributed by atoms with van der Waals surface area (Å²) in [6, 6.07) is 11.5. The molecule has 2 aromatic carbocycles. The molecule has 32 heavy (non-hydrogen) atoms. The Morgan fingerprint density at radius 3 is 2.31 bits per heavy atom. The molecule has 0 unspecified atom stereocenters. The summed E-state index contributed by atoms with van der Waals surface area (Å²) in [6.45, 7) is 3.94. The maximum Gasteiger partial charge on any atom is 0.306 e. The van der Waals surface area contributed by atoms with Crippen molar-refractivity contribution in [3.63, 3.8) is 0 Å². The van der Waals surface area contributed by atoms with E-state index in [0.29, 0.717) is 17.2 Å². The van der Waals surface area contributed by atoms with E-state index in [1.165, 1.54) is 18.9 Å². The number of nitrogens with one attached hydrogen (secondary N) is 1. The second-order valence-electron chi connectivity index (χ2n) is 8.13. The van der Waals surface area contributed by atoms with Crippen LogP contribution in [0.3, 0.4) is 0 Å². The van der Waals surface area contributed by atoms with Crippen molar-refractivity contribution in [3.05, 3.63) is 42.5 Å². The van der Waals surface area contributed by atoms with E-state index in [2.05, 4.69) is 12.2 Å². The van der Waals surface area contributed by atoms with Gasteiger partial charge in [-0.2, -0.15) is 0 Å². The lowest BCUT2D eigenvalue weighted by molar-refractivity contribution is -0.139. The van der Waals surface area contributed by atoms with Crippen molar-refractivity contribution < 1.29 is 23.1 Å². The van der Waals surface area contributed by atoms with Gasteiger partial charge in [-0.15, -0.1) is 0 Å². The molecule has 0 saturated heterocycles. The molecule has 2 rings (SSSR count). The zero-order chi connectivity index (χ0) is 23.6. The summed E-state index contributed by atoms with van der Waals surface area (Å²) < 4.78 is 27.0. The molecule has 0 bridgehead atoms. The normalized spacial score (nSPS) is 13.7. The lowest BCUT2D eigenvalue weighted by Gasteiger charge is -2.27. The number of hydrogen-bond donors (Lipinski definition) is 3. The van der Waals surface area contributed by atoms with Crippen LogP contribution in [0.4, 0.5) is 0 Å². The molecule has 0 aromatic heterocycles. The number of carbonyl (C=O) groups is 2. The van der Waals surface area contributed by atoms with Gasteiger partial charge in [-0.3, -0.25) is 9.59 Å². The minimum atomic E-state index is -4.45. The Morgan fingerprint density at radius 2 is 1.62 bits per heavy atom. The molecular weight excluding hydrogens is 428 g/mol. The van der Waals surface area contributed by atoms with Crippen LogP contribution >= 0.6 is 0 Å². The minimum Gasteiger partial charge on any atom is -0.481 e. The van der Waals surface area contributed by atoms with Crippen molar-refractivity contribution in [2.24, 2.45) is 5.73 Å². The van der Waals surface area contributed by atoms with Crippen LogP contribution in [-0.4, -0.2) is 43.2 Å². The summed E-state index contributed by atoms with van der Waals surface area (Å²) >= 11 is 0. The Hall–Kier alpha value is -2.29. The Bertz CT molecular complexity index is 1020. The van der Waals surface area contributed by atoms with Crippen molar-refractivity contribution in [1.29, 1.82) is 0 Å². The average Bonchev–Trinajstić information content (AvgIpc) is 2.76. The van der Waals surface area contributed by atoms with Crippen molar-refractivity contribution in [3.8, 4) is 0 Å². The van der Waals surface area contributed by atoms with Gasteiger partial charge < -0.3 is 16.2 Å². The summed E-state index contributed by atoms with van der Waals surface area (Å²) in [5.74, 6) is -2.19. The highest BCUT2D eigenvalue weighted by atomic mass is 32.2. The summed E-state index contributed by atoms with van der Waals surface area (Å²) in [5.41, 5.74) is 6.12. The van der Waals surface area contributed by atoms with Crippen LogP contribution in [0, 0.1) is 0 Å². The molecule has 0 heterocycles. The van der Waals surface area contributed by atoms with Gasteiger partial charge in [-0.05, 0) is 43.8 Å². The number of nitrogens with two attached hydrogens (primary N) is 1. The molecule has 0 radical (unpaired) electrons. The molecule has 0 saturated carbocycles. The number of carboxylic acid groups (broad SMARTS) is 1. The zero-order valence-corrected chi connectivity index (χ0v) is 19.5. The Morgan fingerprint density at radius 1 is 0.969 bits per heavy atom. The molecule has 0 spiro atoms. The second kappa shape index (κ2) is 12.1. The Kier molecular flexibility index (Phi) is 9.81. The number of rotatable bonds is 15. The number of benzene rings is 2. The number of carboxylic acids is 1. The average molecular weight is 463 g/mol. The lowest BCUT2D eigenvalue weighted by Crippen LogP contribution is -2.56. The number of carbonyl (C=O) groups excluding carboxylic acids is 1. The standard InChI is InChI=1S/C24H34N2O5S/c1-2-3-8-16-26-17-9-4-5-15-22(27)24(25,18-23(28)29)32(30,31)21-14-10-12-19-11-6-7-13-20(19)21/h6-7,10-14,26H,2-5,8-9,15-18,25H2,1H3,(H,28,29)/t24-/m0/s1. The first-order chi connectivity index (χ1) is 15.2. The molecule has 0 aliphatic carbocycles. The fourth-order valence-electron chi connectivity index (χ4n) is 3.74. The van der Waals surface area contributed by atoms with Crippen LogP contribution in [0.2, 0.25) is 0 Å². The third-order valence-corrected chi connectivity index (χ3v) is 7.89. The molecule has 0 amide bonds. The van der Waals surface area contributed by atoms with Gasteiger partial charge in [0.2, 0.25) is 9.84 Å². The summed E-state index contributed by atoms with van der Waals surface area (Å²) in [4.78, 5) is 21.8. The van der Waals surface area contributed by atoms with Gasteiger partial charge in [-0.1, -0.05) is 62.6 Å². The monoisotopic (exact) mass is 462 g/mol. The topological polar surface area (TPSA) is 127 Å². The van der Waals surface area contributed by atoms with Crippen LogP contribution in [0.1, 0.15) is 58.3 Å². The number of sulfone groups is 1. The Labute approximate surface area is 190 Å². The predicted octanol–water partition coefficient (Wildman–Crippen LogP) is 3.65. The third kappa shape index (κ3) is 6.37. The summed E-state index contributed by atoms with van der Waals surface area (Å²) in [5, 5.41) is 13.8. The third-order valence-electron chi connectivity index (χ3n) is 5.62. The molecule has 0 aliphatic rings. The summed E-state index contributed by atoms with van der Waals surface area (Å²) in [7, 11) is -4.45. The van der Waals surface area contributed by atoms with E-state index in [-0.39, 0.29) is 11.3 Å². The highest BCUT2D eigenvalue weighted by Crippen LogP contribution is 2.32. The largest absolute Gasteiger partial charge is 0.481 e. The first-order valence-electron chi connectivity index (χ1n) is 11.2. The number of hydrogen-bond acceptors (Lipinski definition) is 6. The highest BCUT2D eigenvalue weighted by molar-refractivity contribution is 7.93. The van der Waals surface area contributed by atoms with Crippen LogP contribution < -0.4 is 11.1 Å². The van der Waals surface area contributed by atoms with E-state index in [4.69, 9.17) is 5.73 Å². The van der Waals surface area contributed by atoms with Crippen molar-refractivity contribution in [1.82, 2.24) is 5.32 Å². The first kappa shape index (κ1) is 26.0. The predicted molar refractivity (Wildman–Crippen MR) is 126 cm³/mol. The molecule has 1 atom stereocenters. The molecule has 0 aliphatic heterocycles. The van der Waals surface area contributed by atoms with Crippen LogP contribution in [0.15, 0.2) is 47.4 Å². The molecule has 7 nitrogen and oxygen atoms in total. The van der Waals surface area contributed by atoms with Gasteiger partial charge in [0.15, 0.2) is 10.7 Å². The van der Waals surface area contributed by atoms with Gasteiger partial charge >= 0.3 is 5.97 Å². The molecule has 2 aromatic rings. The number of aliphatic carboxylic acids is 1. The fraction of sp³-hybridized carbons (Fsp3) is 0.500. The first-order valence-corrected chi connectivity index (χ1v) is 12.7.